The number of ether oxygens (including phenoxy) is 2. The van der Waals surface area contributed by atoms with Crippen LogP contribution in [0.2, 0.25) is 0 Å². The molecule has 0 radical (unpaired) electrons. The molecular formula is C9H17NO4. The van der Waals surface area contributed by atoms with Gasteiger partial charge in [-0.2, -0.15) is 0 Å². The Kier molecular flexibility index (Phi) is 3.86. The number of carbonyl (C=O) groups excluding carboxylic acids is 1. The Morgan fingerprint density at radius 3 is 2.71 bits per heavy atom. The van der Waals surface area contributed by atoms with Crippen molar-refractivity contribution >= 4 is 5.97 Å². The molecule has 5 heteroatoms. The van der Waals surface area contributed by atoms with Crippen LogP contribution in [-0.4, -0.2) is 50.6 Å². The fourth-order valence-corrected chi connectivity index (χ4v) is 1.16. The van der Waals surface area contributed by atoms with Gasteiger partial charge in [0.05, 0.1) is 19.8 Å². The maximum absolute atomic E-state index is 11.3. The third kappa shape index (κ3) is 2.67. The molecule has 0 aliphatic carbocycles. The first-order valence-corrected chi connectivity index (χ1v) is 4.64. The van der Waals surface area contributed by atoms with Gasteiger partial charge in [-0.1, -0.05) is 6.92 Å². The van der Waals surface area contributed by atoms with Crippen molar-refractivity contribution in [1.29, 1.82) is 0 Å². The third-order valence-corrected chi connectivity index (χ3v) is 2.28. The number of aliphatic hydroxyl groups excluding tert-OH is 1. The van der Waals surface area contributed by atoms with Crippen LogP contribution in [0.4, 0.5) is 0 Å². The summed E-state index contributed by atoms with van der Waals surface area (Å²) < 4.78 is 10.1. The average Bonchev–Trinajstić information content (AvgIpc) is 2.13. The van der Waals surface area contributed by atoms with Gasteiger partial charge in [-0.05, 0) is 7.05 Å². The highest BCUT2D eigenvalue weighted by atomic mass is 16.5. The van der Waals surface area contributed by atoms with Crippen LogP contribution in [0.25, 0.3) is 0 Å². The zero-order valence-electron chi connectivity index (χ0n) is 8.58. The molecule has 1 heterocycles. The molecule has 1 unspecified atom stereocenters. The van der Waals surface area contributed by atoms with Crippen molar-refractivity contribution in [2.24, 2.45) is 5.41 Å². The van der Waals surface area contributed by atoms with E-state index in [1.54, 1.807) is 7.05 Å². The largest absolute Gasteiger partial charge is 0.464 e. The Morgan fingerprint density at radius 1 is 1.71 bits per heavy atom. The Bertz CT molecular complexity index is 199. The van der Waals surface area contributed by atoms with Crippen LogP contribution in [0.1, 0.15) is 6.92 Å². The molecule has 0 aromatic rings. The monoisotopic (exact) mass is 203 g/mol. The fourth-order valence-electron chi connectivity index (χ4n) is 1.16. The lowest BCUT2D eigenvalue weighted by molar-refractivity contribution is -0.167. The summed E-state index contributed by atoms with van der Waals surface area (Å²) in [6.45, 7) is 3.36. The second kappa shape index (κ2) is 4.72. The van der Waals surface area contributed by atoms with E-state index in [9.17, 15) is 4.79 Å². The van der Waals surface area contributed by atoms with Crippen molar-refractivity contribution in [3.05, 3.63) is 0 Å². The normalized spacial score (nSPS) is 21.1. The summed E-state index contributed by atoms with van der Waals surface area (Å²) in [5.74, 6) is -0.414. The number of nitrogens with one attached hydrogen (secondary N) is 1. The smallest absolute Gasteiger partial charge is 0.325 e. The molecule has 14 heavy (non-hydrogen) atoms. The highest BCUT2D eigenvalue weighted by molar-refractivity contribution is 5.75. The predicted octanol–water partition coefficient (Wildman–Crippen LogP) is -0.854. The lowest BCUT2D eigenvalue weighted by Crippen LogP contribution is -2.46. The van der Waals surface area contributed by atoms with E-state index in [-0.39, 0.29) is 12.0 Å². The summed E-state index contributed by atoms with van der Waals surface area (Å²) in [5, 5.41) is 11.5. The van der Waals surface area contributed by atoms with E-state index >= 15 is 0 Å². The molecule has 82 valence electrons. The maximum atomic E-state index is 11.3. The Hall–Kier alpha value is -0.650. The molecule has 1 saturated heterocycles. The zero-order chi connectivity index (χ0) is 10.6. The van der Waals surface area contributed by atoms with E-state index in [1.165, 1.54) is 0 Å². The van der Waals surface area contributed by atoms with Gasteiger partial charge in [-0.25, -0.2) is 0 Å². The highest BCUT2D eigenvalue weighted by Crippen LogP contribution is 2.26. The van der Waals surface area contributed by atoms with E-state index in [2.05, 4.69) is 5.32 Å². The van der Waals surface area contributed by atoms with Gasteiger partial charge in [0.25, 0.3) is 0 Å². The van der Waals surface area contributed by atoms with Crippen LogP contribution in [0.3, 0.4) is 0 Å². The Morgan fingerprint density at radius 2 is 2.36 bits per heavy atom. The van der Waals surface area contributed by atoms with Crippen LogP contribution in [0.5, 0.6) is 0 Å². The van der Waals surface area contributed by atoms with Gasteiger partial charge < -0.3 is 19.9 Å². The minimum atomic E-state index is -0.625. The number of esters is 1. The summed E-state index contributed by atoms with van der Waals surface area (Å²) in [4.78, 5) is 11.3. The number of aliphatic hydroxyl groups is 1. The second-order valence-corrected chi connectivity index (χ2v) is 3.94. The quantitative estimate of drug-likeness (QED) is 0.569. The SMILES string of the molecule is CNC(CO)C(=O)OCC1(C)COC1. The van der Waals surface area contributed by atoms with Crippen LogP contribution < -0.4 is 5.32 Å². The number of hydrogen-bond donors (Lipinski definition) is 2. The van der Waals surface area contributed by atoms with Gasteiger partial charge in [-0.3, -0.25) is 4.79 Å². The van der Waals surface area contributed by atoms with Gasteiger partial charge in [0.1, 0.15) is 12.6 Å². The van der Waals surface area contributed by atoms with E-state index < -0.39 is 12.0 Å². The zero-order valence-corrected chi connectivity index (χ0v) is 8.58. The van der Waals surface area contributed by atoms with Gasteiger partial charge in [0, 0.05) is 5.41 Å². The molecule has 0 bridgehead atoms. The van der Waals surface area contributed by atoms with Crippen molar-refractivity contribution in [1.82, 2.24) is 5.32 Å². The van der Waals surface area contributed by atoms with Crippen molar-refractivity contribution in [2.45, 2.75) is 13.0 Å². The highest BCUT2D eigenvalue weighted by Gasteiger charge is 2.35. The van der Waals surface area contributed by atoms with E-state index in [1.807, 2.05) is 6.92 Å². The average molecular weight is 203 g/mol. The lowest BCUT2D eigenvalue weighted by Gasteiger charge is -2.37. The standard InChI is InChI=1S/C9H17NO4/c1-9(4-13-5-9)6-14-8(12)7(3-11)10-2/h7,10-11H,3-6H2,1-2H3. The molecule has 0 aromatic heterocycles. The molecule has 1 rings (SSSR count). The fraction of sp³-hybridized carbons (Fsp3) is 0.889. The van der Waals surface area contributed by atoms with Crippen molar-refractivity contribution in [2.75, 3.05) is 33.5 Å². The van der Waals surface area contributed by atoms with E-state index in [4.69, 9.17) is 14.6 Å². The molecular weight excluding hydrogens is 186 g/mol. The first-order valence-electron chi connectivity index (χ1n) is 4.64. The molecule has 0 saturated carbocycles. The molecule has 0 aromatic carbocycles. The van der Waals surface area contributed by atoms with Crippen molar-refractivity contribution in [3.63, 3.8) is 0 Å². The second-order valence-electron chi connectivity index (χ2n) is 3.94. The first kappa shape index (κ1) is 11.4. The van der Waals surface area contributed by atoms with Crippen LogP contribution in [0.15, 0.2) is 0 Å². The summed E-state index contributed by atoms with van der Waals surface area (Å²) in [6, 6.07) is -0.625. The Balaban J connectivity index is 2.26. The predicted molar refractivity (Wildman–Crippen MR) is 49.8 cm³/mol. The van der Waals surface area contributed by atoms with Gasteiger partial charge in [-0.15, -0.1) is 0 Å². The molecule has 1 aliphatic heterocycles. The molecule has 1 fully saturated rings. The Labute approximate surface area is 83.4 Å². The number of rotatable bonds is 5. The molecule has 0 amide bonds. The van der Waals surface area contributed by atoms with Crippen molar-refractivity contribution < 1.29 is 19.4 Å². The number of carbonyl (C=O) groups is 1. The summed E-state index contributed by atoms with van der Waals surface area (Å²) >= 11 is 0. The van der Waals surface area contributed by atoms with Crippen molar-refractivity contribution in [3.8, 4) is 0 Å². The van der Waals surface area contributed by atoms with E-state index in [0.29, 0.717) is 19.8 Å². The topological polar surface area (TPSA) is 67.8 Å². The lowest BCUT2D eigenvalue weighted by atomic mass is 9.90. The number of hydrogen-bond acceptors (Lipinski definition) is 5. The van der Waals surface area contributed by atoms with Gasteiger partial charge >= 0.3 is 5.97 Å². The first-order chi connectivity index (χ1) is 6.61. The minimum Gasteiger partial charge on any atom is -0.464 e. The molecule has 1 atom stereocenters. The van der Waals surface area contributed by atoms with Gasteiger partial charge in [0.2, 0.25) is 0 Å². The number of likely N-dealkylation sites (N-methyl/N-ethyl adjacent to an activating group) is 1. The summed E-state index contributed by atoms with van der Waals surface area (Å²) in [5.41, 5.74) is -0.0383. The van der Waals surface area contributed by atoms with E-state index in [0.717, 1.165) is 0 Å². The maximum Gasteiger partial charge on any atom is 0.325 e. The summed E-state index contributed by atoms with van der Waals surface area (Å²) in [6.07, 6.45) is 0. The van der Waals surface area contributed by atoms with Gasteiger partial charge in [0.15, 0.2) is 0 Å². The van der Waals surface area contributed by atoms with Crippen LogP contribution in [0, 0.1) is 5.41 Å². The molecule has 5 nitrogen and oxygen atoms in total. The minimum absolute atomic E-state index is 0.0383. The van der Waals surface area contributed by atoms with Crippen LogP contribution in [-0.2, 0) is 14.3 Å². The molecule has 2 N–H and O–H groups in total. The third-order valence-electron chi connectivity index (χ3n) is 2.28. The molecule has 1 aliphatic rings. The molecule has 0 spiro atoms. The summed E-state index contributed by atoms with van der Waals surface area (Å²) in [7, 11) is 1.61. The van der Waals surface area contributed by atoms with Crippen LogP contribution >= 0.6 is 0 Å².